The third kappa shape index (κ3) is 3.60. The third-order valence-electron chi connectivity index (χ3n) is 7.18. The Kier molecular flexibility index (Phi) is 5.83. The summed E-state index contributed by atoms with van der Waals surface area (Å²) in [6.45, 7) is 13.9. The fraction of sp³-hybridized carbons (Fsp3) is 0.583. The average Bonchev–Trinajstić information content (AvgIpc) is 3.23. The molecular formula is C24H36N2O. The van der Waals surface area contributed by atoms with E-state index >= 15 is 0 Å². The van der Waals surface area contributed by atoms with Crippen molar-refractivity contribution in [2.75, 3.05) is 0 Å². The highest BCUT2D eigenvalue weighted by Crippen LogP contribution is 2.51. The molecule has 5 atom stereocenters. The second-order valence-corrected chi connectivity index (χ2v) is 8.70. The van der Waals surface area contributed by atoms with Gasteiger partial charge >= 0.3 is 0 Å². The largest absolute Gasteiger partial charge is 0.351 e. The van der Waals surface area contributed by atoms with Gasteiger partial charge in [-0.25, -0.2) is 0 Å². The molecule has 0 amide bonds. The van der Waals surface area contributed by atoms with E-state index in [9.17, 15) is 0 Å². The van der Waals surface area contributed by atoms with Crippen molar-refractivity contribution >= 4 is 0 Å². The molecule has 2 heterocycles. The molecule has 27 heavy (non-hydrogen) atoms. The molecule has 0 radical (unpaired) electrons. The Hall–Kier alpha value is -1.58. The van der Waals surface area contributed by atoms with Crippen LogP contribution in [0.5, 0.6) is 0 Å². The Bertz CT molecular complexity index is 713. The predicted octanol–water partition coefficient (Wildman–Crippen LogP) is 6.40. The predicted molar refractivity (Wildman–Crippen MR) is 112 cm³/mol. The van der Waals surface area contributed by atoms with Crippen LogP contribution in [0.25, 0.3) is 0 Å². The van der Waals surface area contributed by atoms with Crippen molar-refractivity contribution in [3.63, 3.8) is 0 Å². The van der Waals surface area contributed by atoms with E-state index < -0.39 is 0 Å². The lowest BCUT2D eigenvalue weighted by atomic mass is 9.68. The lowest BCUT2D eigenvalue weighted by molar-refractivity contribution is -0.330. The van der Waals surface area contributed by atoms with Gasteiger partial charge in [0.2, 0.25) is 0 Å². The first-order chi connectivity index (χ1) is 12.9. The minimum atomic E-state index is -0.0268. The topological polar surface area (TPSA) is 17.4 Å². The molecule has 1 aromatic carbocycles. The summed E-state index contributed by atoms with van der Waals surface area (Å²) >= 11 is 0. The first-order valence-corrected chi connectivity index (χ1v) is 10.5. The molecule has 3 heteroatoms. The Morgan fingerprint density at radius 3 is 2.22 bits per heavy atom. The molecule has 1 aliphatic rings. The second kappa shape index (κ2) is 7.81. The molecule has 2 aromatic rings. The van der Waals surface area contributed by atoms with E-state index in [-0.39, 0.29) is 17.2 Å². The zero-order chi connectivity index (χ0) is 19.7. The van der Waals surface area contributed by atoms with E-state index in [1.54, 1.807) is 0 Å². The molecule has 3 rings (SSSR count). The molecule has 1 fully saturated rings. The van der Waals surface area contributed by atoms with Gasteiger partial charge in [0.15, 0.2) is 0 Å². The molecule has 0 saturated carbocycles. The molecule has 0 bridgehead atoms. The van der Waals surface area contributed by atoms with Crippen molar-refractivity contribution in [3.8, 4) is 0 Å². The molecule has 1 aromatic heterocycles. The summed E-state index contributed by atoms with van der Waals surface area (Å²) in [4.78, 5) is 6.75. The molecule has 5 unspecified atom stereocenters. The van der Waals surface area contributed by atoms with Crippen molar-refractivity contribution in [2.24, 2.45) is 5.92 Å². The van der Waals surface area contributed by atoms with Gasteiger partial charge in [0.1, 0.15) is 6.10 Å². The van der Waals surface area contributed by atoms with Gasteiger partial charge in [-0.1, -0.05) is 51.1 Å². The van der Waals surface area contributed by atoms with Crippen LogP contribution in [0.1, 0.15) is 78.5 Å². The molecule has 3 nitrogen and oxygen atoms in total. The zero-order valence-electron chi connectivity index (χ0n) is 17.9. The van der Waals surface area contributed by atoms with Crippen LogP contribution < -0.4 is 0 Å². The van der Waals surface area contributed by atoms with Crippen LogP contribution in [0.2, 0.25) is 0 Å². The number of hydrogen-bond acceptors (Lipinski definition) is 2. The van der Waals surface area contributed by atoms with E-state index in [0.717, 1.165) is 19.3 Å². The molecule has 0 spiro atoms. The number of hydroxylamine groups is 2. The van der Waals surface area contributed by atoms with Gasteiger partial charge in [0.05, 0.1) is 0 Å². The highest BCUT2D eigenvalue weighted by molar-refractivity contribution is 5.17. The van der Waals surface area contributed by atoms with Crippen LogP contribution in [0.4, 0.5) is 0 Å². The van der Waals surface area contributed by atoms with Crippen LogP contribution in [-0.4, -0.2) is 20.7 Å². The summed E-state index contributed by atoms with van der Waals surface area (Å²) < 4.78 is 2.41. The van der Waals surface area contributed by atoms with Gasteiger partial charge < -0.3 is 4.57 Å². The number of hydrogen-bond donors (Lipinski definition) is 0. The minimum absolute atomic E-state index is 0.00472. The quantitative estimate of drug-likeness (QED) is 0.587. The summed E-state index contributed by atoms with van der Waals surface area (Å²) in [5.41, 5.74) is 1.20. The van der Waals surface area contributed by atoms with E-state index in [0.29, 0.717) is 12.0 Å². The van der Waals surface area contributed by atoms with Crippen molar-refractivity contribution in [3.05, 3.63) is 60.4 Å². The Balaban J connectivity index is 1.95. The van der Waals surface area contributed by atoms with Crippen LogP contribution in [0.15, 0.2) is 54.9 Å². The van der Waals surface area contributed by atoms with Crippen LogP contribution in [0.3, 0.4) is 0 Å². The van der Waals surface area contributed by atoms with Crippen LogP contribution >= 0.6 is 0 Å². The highest BCUT2D eigenvalue weighted by Gasteiger charge is 2.54. The summed E-state index contributed by atoms with van der Waals surface area (Å²) in [7, 11) is 0. The molecule has 0 N–H and O–H groups in total. The molecule has 1 saturated heterocycles. The lowest BCUT2D eigenvalue weighted by Gasteiger charge is -2.60. The van der Waals surface area contributed by atoms with Crippen molar-refractivity contribution in [2.45, 2.75) is 84.0 Å². The fourth-order valence-corrected chi connectivity index (χ4v) is 4.80. The van der Waals surface area contributed by atoms with Gasteiger partial charge in [-0.15, -0.1) is 0 Å². The number of benzene rings is 1. The molecule has 148 valence electrons. The highest BCUT2D eigenvalue weighted by atomic mass is 16.7. The Morgan fingerprint density at radius 1 is 1.04 bits per heavy atom. The third-order valence-corrected chi connectivity index (χ3v) is 7.18. The Labute approximate surface area is 165 Å². The van der Waals surface area contributed by atoms with Crippen molar-refractivity contribution in [1.29, 1.82) is 0 Å². The standard InChI is InChI=1S/C24H36N2O/c1-7-23(5)18-22(25-16-12-13-17-25)19(3)24(6,8-2)26(23)27-20(4)21-14-10-9-11-15-21/h9-17,19-20,22H,7-8,18H2,1-6H3. The van der Waals surface area contributed by atoms with Gasteiger partial charge in [0, 0.05) is 29.5 Å². The molecule has 0 aliphatic carbocycles. The monoisotopic (exact) mass is 368 g/mol. The fourth-order valence-electron chi connectivity index (χ4n) is 4.80. The Morgan fingerprint density at radius 2 is 1.67 bits per heavy atom. The summed E-state index contributed by atoms with van der Waals surface area (Å²) in [5, 5.41) is 2.38. The van der Waals surface area contributed by atoms with E-state index in [4.69, 9.17) is 4.84 Å². The number of piperidine rings is 1. The second-order valence-electron chi connectivity index (χ2n) is 8.70. The molecular weight excluding hydrogens is 332 g/mol. The zero-order valence-corrected chi connectivity index (χ0v) is 17.9. The number of aromatic nitrogens is 1. The average molecular weight is 369 g/mol. The van der Waals surface area contributed by atoms with Gasteiger partial charge in [-0.3, -0.25) is 4.84 Å². The normalized spacial score (nSPS) is 33.1. The first-order valence-electron chi connectivity index (χ1n) is 10.5. The number of nitrogens with zero attached hydrogens (tertiary/aromatic N) is 2. The lowest BCUT2D eigenvalue weighted by Crippen LogP contribution is -2.66. The van der Waals surface area contributed by atoms with E-state index in [1.807, 2.05) is 0 Å². The summed E-state index contributed by atoms with van der Waals surface area (Å²) in [6, 6.07) is 15.3. The van der Waals surface area contributed by atoms with Crippen LogP contribution in [-0.2, 0) is 4.84 Å². The van der Waals surface area contributed by atoms with E-state index in [1.165, 1.54) is 5.56 Å². The van der Waals surface area contributed by atoms with Crippen LogP contribution in [0, 0.1) is 5.92 Å². The summed E-state index contributed by atoms with van der Waals surface area (Å²) in [5.74, 6) is 0.484. The van der Waals surface area contributed by atoms with Gasteiger partial charge in [-0.05, 0) is 63.6 Å². The van der Waals surface area contributed by atoms with Crippen molar-refractivity contribution < 1.29 is 4.84 Å². The maximum atomic E-state index is 6.75. The smallest absolute Gasteiger partial charge is 0.102 e. The minimum Gasteiger partial charge on any atom is -0.351 e. The SMILES string of the molecule is CCC1(C)CC(n2cccc2)C(C)C(C)(CC)N1OC(C)c1ccccc1. The van der Waals surface area contributed by atoms with Gasteiger partial charge in [-0.2, -0.15) is 5.06 Å². The van der Waals surface area contributed by atoms with E-state index in [2.05, 4.69) is 106 Å². The summed E-state index contributed by atoms with van der Waals surface area (Å²) in [6.07, 6.45) is 7.69. The van der Waals surface area contributed by atoms with Crippen molar-refractivity contribution in [1.82, 2.24) is 9.63 Å². The molecule has 1 aliphatic heterocycles. The maximum absolute atomic E-state index is 6.75. The number of rotatable bonds is 6. The maximum Gasteiger partial charge on any atom is 0.102 e. The first kappa shape index (κ1) is 20.2. The van der Waals surface area contributed by atoms with Gasteiger partial charge in [0.25, 0.3) is 0 Å².